The molecule has 0 aliphatic heterocycles. The summed E-state index contributed by atoms with van der Waals surface area (Å²) in [6.45, 7) is 3.97. The summed E-state index contributed by atoms with van der Waals surface area (Å²) in [6.07, 6.45) is 3.97. The molecule has 0 spiro atoms. The molecule has 6 heteroatoms. The van der Waals surface area contributed by atoms with E-state index in [-0.39, 0.29) is 0 Å². The monoisotopic (exact) mass is 251 g/mol. The topological polar surface area (TPSA) is 85.1 Å². The summed E-state index contributed by atoms with van der Waals surface area (Å²) < 4.78 is 5.31. The van der Waals surface area contributed by atoms with Gasteiger partial charge in [0.2, 0.25) is 0 Å². The average Bonchev–Trinajstić information content (AvgIpc) is 2.34. The maximum Gasteiger partial charge on any atom is 0.158 e. The first-order valence-electron chi connectivity index (χ1n) is 6.48. The highest BCUT2D eigenvalue weighted by molar-refractivity contribution is 5.46. The van der Waals surface area contributed by atoms with Crippen molar-refractivity contribution in [2.75, 3.05) is 23.9 Å². The Morgan fingerprint density at radius 3 is 2.78 bits per heavy atom. The van der Waals surface area contributed by atoms with Crippen molar-refractivity contribution in [3.63, 3.8) is 0 Å². The van der Waals surface area contributed by atoms with Crippen LogP contribution in [-0.2, 0) is 11.3 Å². The average molecular weight is 251 g/mol. The minimum atomic E-state index is 0.407. The second kappa shape index (κ2) is 6.51. The Morgan fingerprint density at radius 2 is 2.17 bits per heavy atom. The molecule has 0 saturated heterocycles. The molecule has 0 unspecified atom stereocenters. The van der Waals surface area contributed by atoms with E-state index in [9.17, 15) is 0 Å². The number of nitrogens with one attached hydrogen (secondary N) is 2. The van der Waals surface area contributed by atoms with Crippen LogP contribution in [0.3, 0.4) is 0 Å². The minimum absolute atomic E-state index is 0.407. The molecule has 1 aromatic rings. The maximum atomic E-state index is 5.40. The molecule has 1 aromatic heterocycles. The number of anilines is 2. The number of hydrazine groups is 1. The van der Waals surface area contributed by atoms with Crippen LogP contribution < -0.4 is 16.6 Å². The van der Waals surface area contributed by atoms with Gasteiger partial charge in [0.1, 0.15) is 18.2 Å². The highest BCUT2D eigenvalue weighted by Crippen LogP contribution is 2.26. The molecule has 1 aliphatic rings. The van der Waals surface area contributed by atoms with Crippen molar-refractivity contribution in [1.29, 1.82) is 0 Å². The predicted octanol–water partition coefficient (Wildman–Crippen LogP) is 1.51. The van der Waals surface area contributed by atoms with Gasteiger partial charge in [0.15, 0.2) is 5.82 Å². The van der Waals surface area contributed by atoms with E-state index in [2.05, 4.69) is 20.7 Å². The number of nitrogens with zero attached hydrogens (tertiary/aromatic N) is 2. The molecule has 4 N–H and O–H groups in total. The van der Waals surface area contributed by atoms with E-state index in [0.717, 1.165) is 18.3 Å². The van der Waals surface area contributed by atoms with Gasteiger partial charge >= 0.3 is 0 Å². The highest BCUT2D eigenvalue weighted by atomic mass is 16.5. The summed E-state index contributed by atoms with van der Waals surface area (Å²) in [7, 11) is 0. The van der Waals surface area contributed by atoms with Crippen molar-refractivity contribution in [2.24, 2.45) is 11.8 Å². The largest absolute Gasteiger partial charge is 0.374 e. The van der Waals surface area contributed by atoms with E-state index >= 15 is 0 Å². The van der Waals surface area contributed by atoms with Crippen LogP contribution in [0, 0.1) is 5.92 Å². The Labute approximate surface area is 107 Å². The Balaban J connectivity index is 1.97. The summed E-state index contributed by atoms with van der Waals surface area (Å²) in [6, 6.07) is 1.81. The van der Waals surface area contributed by atoms with Gasteiger partial charge in [-0.3, -0.25) is 0 Å². The zero-order valence-electron chi connectivity index (χ0n) is 10.8. The molecule has 1 fully saturated rings. The normalized spacial score (nSPS) is 15.2. The zero-order chi connectivity index (χ0) is 12.8. The van der Waals surface area contributed by atoms with E-state index < -0.39 is 0 Å². The molecule has 6 nitrogen and oxygen atoms in total. The molecule has 18 heavy (non-hydrogen) atoms. The van der Waals surface area contributed by atoms with Gasteiger partial charge in [-0.25, -0.2) is 15.8 Å². The number of ether oxygens (including phenoxy) is 1. The van der Waals surface area contributed by atoms with Gasteiger partial charge in [-0.2, -0.15) is 0 Å². The van der Waals surface area contributed by atoms with Crippen molar-refractivity contribution < 1.29 is 4.74 Å². The van der Waals surface area contributed by atoms with Crippen LogP contribution in [0.4, 0.5) is 11.6 Å². The summed E-state index contributed by atoms with van der Waals surface area (Å²) in [5.41, 5.74) is 2.55. The number of hydrogen-bond acceptors (Lipinski definition) is 6. The van der Waals surface area contributed by atoms with Crippen LogP contribution in [0.2, 0.25) is 0 Å². The molecule has 1 saturated carbocycles. The first-order chi connectivity index (χ1) is 8.81. The lowest BCUT2D eigenvalue weighted by Crippen LogP contribution is -2.22. The van der Waals surface area contributed by atoms with Gasteiger partial charge in [-0.05, 0) is 25.7 Å². The lowest BCUT2D eigenvalue weighted by atomic mass is 9.85. The first kappa shape index (κ1) is 13.0. The molecule has 1 heterocycles. The fraction of sp³-hybridized carbons (Fsp3) is 0.667. The number of nitrogens with two attached hydrogens (primary N) is 1. The quantitative estimate of drug-likeness (QED) is 0.503. The predicted molar refractivity (Wildman–Crippen MR) is 71.0 cm³/mol. The number of rotatable bonds is 7. The molecule has 2 rings (SSSR count). The van der Waals surface area contributed by atoms with Gasteiger partial charge in [0.05, 0.1) is 0 Å². The molecule has 0 atom stereocenters. The van der Waals surface area contributed by atoms with Gasteiger partial charge in [0.25, 0.3) is 0 Å². The van der Waals surface area contributed by atoms with E-state index in [4.69, 9.17) is 10.6 Å². The number of nitrogen functional groups attached to an aromatic ring is 1. The van der Waals surface area contributed by atoms with E-state index in [1.807, 2.05) is 13.0 Å². The molecule has 0 radical (unpaired) electrons. The highest BCUT2D eigenvalue weighted by Gasteiger charge is 2.17. The van der Waals surface area contributed by atoms with E-state index in [1.54, 1.807) is 0 Å². The van der Waals surface area contributed by atoms with Crippen LogP contribution in [0.25, 0.3) is 0 Å². The molecule has 100 valence electrons. The Bertz CT molecular complexity index is 381. The van der Waals surface area contributed by atoms with Crippen molar-refractivity contribution in [3.8, 4) is 0 Å². The summed E-state index contributed by atoms with van der Waals surface area (Å²) in [5, 5.41) is 3.34. The molecular weight excluding hydrogens is 230 g/mol. The first-order valence-corrected chi connectivity index (χ1v) is 6.48. The minimum Gasteiger partial charge on any atom is -0.374 e. The summed E-state index contributed by atoms with van der Waals surface area (Å²) in [5.74, 6) is 8.24. The molecule has 0 aromatic carbocycles. The third-order valence-electron chi connectivity index (χ3n) is 3.15. The maximum absolute atomic E-state index is 5.40. The van der Waals surface area contributed by atoms with Crippen LogP contribution in [-0.4, -0.2) is 23.1 Å². The van der Waals surface area contributed by atoms with Crippen molar-refractivity contribution >= 4 is 11.6 Å². The standard InChI is InChI=1S/C12H21N5O/c1-2-18-8-12-15-10(6-11(16-12)17-13)14-7-9-4-3-5-9/h6,9H,2-5,7-8,13H2,1H3,(H2,14,15,16,17). The van der Waals surface area contributed by atoms with Crippen molar-refractivity contribution in [3.05, 3.63) is 11.9 Å². The Kier molecular flexibility index (Phi) is 4.72. The second-order valence-corrected chi connectivity index (χ2v) is 4.51. The lowest BCUT2D eigenvalue weighted by molar-refractivity contribution is 0.128. The summed E-state index contributed by atoms with van der Waals surface area (Å²) in [4.78, 5) is 8.64. The van der Waals surface area contributed by atoms with Crippen LogP contribution in [0.1, 0.15) is 32.0 Å². The smallest absolute Gasteiger partial charge is 0.158 e. The fourth-order valence-electron chi connectivity index (χ4n) is 1.87. The van der Waals surface area contributed by atoms with Crippen LogP contribution in [0.5, 0.6) is 0 Å². The van der Waals surface area contributed by atoms with Crippen LogP contribution in [0.15, 0.2) is 6.07 Å². The van der Waals surface area contributed by atoms with E-state index in [1.165, 1.54) is 19.3 Å². The molecular formula is C12H21N5O. The summed E-state index contributed by atoms with van der Waals surface area (Å²) >= 11 is 0. The molecule has 0 amide bonds. The second-order valence-electron chi connectivity index (χ2n) is 4.51. The lowest BCUT2D eigenvalue weighted by Gasteiger charge is -2.25. The molecule has 1 aliphatic carbocycles. The Morgan fingerprint density at radius 1 is 1.39 bits per heavy atom. The van der Waals surface area contributed by atoms with Gasteiger partial charge in [-0.15, -0.1) is 0 Å². The van der Waals surface area contributed by atoms with Crippen molar-refractivity contribution in [2.45, 2.75) is 32.8 Å². The number of aromatic nitrogens is 2. The Hall–Kier alpha value is -1.40. The third-order valence-corrected chi connectivity index (χ3v) is 3.15. The zero-order valence-corrected chi connectivity index (χ0v) is 10.8. The van der Waals surface area contributed by atoms with Gasteiger partial charge in [-0.1, -0.05) is 6.42 Å². The fourth-order valence-corrected chi connectivity index (χ4v) is 1.87. The van der Waals surface area contributed by atoms with Crippen LogP contribution >= 0.6 is 0 Å². The van der Waals surface area contributed by atoms with Gasteiger partial charge < -0.3 is 15.5 Å². The third kappa shape index (κ3) is 3.54. The SMILES string of the molecule is CCOCc1nc(NN)cc(NCC2CCC2)n1. The van der Waals surface area contributed by atoms with E-state index in [0.29, 0.717) is 24.9 Å². The molecule has 0 bridgehead atoms. The van der Waals surface area contributed by atoms with Crippen molar-refractivity contribution in [1.82, 2.24) is 9.97 Å². The van der Waals surface area contributed by atoms with Gasteiger partial charge in [0, 0.05) is 19.2 Å². The number of hydrogen-bond donors (Lipinski definition) is 3.